The Balaban J connectivity index is 2.09. The number of nitrogens with one attached hydrogen (secondary N) is 2. The van der Waals surface area contributed by atoms with Crippen molar-refractivity contribution < 1.29 is 19.6 Å². The summed E-state index contributed by atoms with van der Waals surface area (Å²) in [5, 5.41) is 7.24. The van der Waals surface area contributed by atoms with Gasteiger partial charge in [0.25, 0.3) is 11.8 Å². The fourth-order valence-corrected chi connectivity index (χ4v) is 2.46. The van der Waals surface area contributed by atoms with E-state index < -0.39 is 0 Å². The van der Waals surface area contributed by atoms with E-state index in [2.05, 4.69) is 10.6 Å². The van der Waals surface area contributed by atoms with Crippen LogP contribution in [0.5, 0.6) is 5.75 Å². The summed E-state index contributed by atoms with van der Waals surface area (Å²) in [6.45, 7) is 0.412. The molecule has 6 nitrogen and oxygen atoms in total. The van der Waals surface area contributed by atoms with Crippen molar-refractivity contribution in [3.63, 3.8) is 0 Å². The monoisotopic (exact) mass is 342 g/mol. The first-order valence-corrected chi connectivity index (χ1v) is 8.14. The maximum atomic E-state index is 12.3. The first-order chi connectivity index (χ1) is 12.1. The lowest BCUT2D eigenvalue weighted by molar-refractivity contribution is -0.633. The lowest BCUT2D eigenvalue weighted by Gasteiger charge is -2.19. The third kappa shape index (κ3) is 5.61. The summed E-state index contributed by atoms with van der Waals surface area (Å²) in [6, 6.07) is 17.1. The number of quaternary nitrogens is 1. The van der Waals surface area contributed by atoms with Gasteiger partial charge in [0, 0.05) is 7.05 Å². The predicted octanol–water partition coefficient (Wildman–Crippen LogP) is 0.210. The molecule has 0 aliphatic carbocycles. The van der Waals surface area contributed by atoms with Gasteiger partial charge in [-0.15, -0.1) is 0 Å². The Labute approximate surface area is 147 Å². The maximum absolute atomic E-state index is 12.3. The van der Waals surface area contributed by atoms with Crippen LogP contribution in [0.15, 0.2) is 54.6 Å². The van der Waals surface area contributed by atoms with Gasteiger partial charge in [0.15, 0.2) is 13.1 Å². The minimum Gasteiger partial charge on any atom is -0.497 e. The van der Waals surface area contributed by atoms with Crippen molar-refractivity contribution in [2.24, 2.45) is 0 Å². The minimum atomic E-state index is -0.256. The molecule has 4 N–H and O–H groups in total. The fraction of sp³-hybridized carbons (Fsp3) is 0.263. The molecule has 0 fully saturated rings. The van der Waals surface area contributed by atoms with Crippen LogP contribution in [0, 0.1) is 0 Å². The van der Waals surface area contributed by atoms with Crippen molar-refractivity contribution in [1.29, 1.82) is 0 Å². The lowest BCUT2D eigenvalue weighted by atomic mass is 9.98. The third-order valence-electron chi connectivity index (χ3n) is 3.83. The second-order valence-electron chi connectivity index (χ2n) is 5.55. The van der Waals surface area contributed by atoms with Gasteiger partial charge in [-0.25, -0.2) is 0 Å². The molecule has 0 unspecified atom stereocenters. The van der Waals surface area contributed by atoms with Crippen molar-refractivity contribution in [1.82, 2.24) is 10.6 Å². The number of amides is 2. The van der Waals surface area contributed by atoms with Crippen LogP contribution < -0.4 is 20.7 Å². The highest BCUT2D eigenvalue weighted by molar-refractivity contribution is 5.79. The predicted molar refractivity (Wildman–Crippen MR) is 95.1 cm³/mol. The van der Waals surface area contributed by atoms with Gasteiger partial charge in [-0.3, -0.25) is 9.59 Å². The van der Waals surface area contributed by atoms with Crippen LogP contribution in [-0.4, -0.2) is 39.1 Å². The maximum Gasteiger partial charge on any atom is 0.275 e. The Kier molecular flexibility index (Phi) is 6.98. The first-order valence-electron chi connectivity index (χ1n) is 8.14. The van der Waals surface area contributed by atoms with Crippen molar-refractivity contribution in [3.05, 3.63) is 65.7 Å². The zero-order valence-corrected chi connectivity index (χ0v) is 14.5. The standard InChI is InChI=1S/C19H23N3O3/c1-20-17(23)12-21-13-18(24)22-19(14-6-4-3-5-7-14)15-8-10-16(25-2)11-9-15/h3-11,19,21H,12-13H2,1-2H3,(H,20,23)(H,22,24)/p+1/t19-/m1/s1. The van der Waals surface area contributed by atoms with E-state index in [1.807, 2.05) is 54.6 Å². The number of hydrogen-bond acceptors (Lipinski definition) is 3. The second kappa shape index (κ2) is 9.44. The molecule has 0 aliphatic heterocycles. The molecule has 0 saturated carbocycles. The first kappa shape index (κ1) is 18.5. The molecule has 2 aromatic carbocycles. The Morgan fingerprint density at radius 1 is 0.960 bits per heavy atom. The highest BCUT2D eigenvalue weighted by Crippen LogP contribution is 2.23. The largest absolute Gasteiger partial charge is 0.497 e. The van der Waals surface area contributed by atoms with Gasteiger partial charge in [0.1, 0.15) is 5.75 Å². The molecule has 2 aromatic rings. The number of likely N-dealkylation sites (N-methyl/N-ethyl adjacent to an activating group) is 1. The Morgan fingerprint density at radius 2 is 1.56 bits per heavy atom. The van der Waals surface area contributed by atoms with Gasteiger partial charge in [0.2, 0.25) is 0 Å². The van der Waals surface area contributed by atoms with E-state index in [1.165, 1.54) is 0 Å². The molecule has 0 heterocycles. The van der Waals surface area contributed by atoms with Crippen LogP contribution in [0.1, 0.15) is 17.2 Å². The van der Waals surface area contributed by atoms with Crippen LogP contribution in [0.4, 0.5) is 0 Å². The normalized spacial score (nSPS) is 11.4. The lowest BCUT2D eigenvalue weighted by Crippen LogP contribution is -2.88. The number of rotatable bonds is 8. The zero-order chi connectivity index (χ0) is 18.1. The molecule has 2 amide bonds. The summed E-state index contributed by atoms with van der Waals surface area (Å²) in [7, 11) is 3.19. The van der Waals surface area contributed by atoms with Crippen LogP contribution in [0.3, 0.4) is 0 Å². The molecular weight excluding hydrogens is 318 g/mol. The van der Waals surface area contributed by atoms with Gasteiger partial charge in [-0.05, 0) is 23.3 Å². The third-order valence-corrected chi connectivity index (χ3v) is 3.83. The fourth-order valence-electron chi connectivity index (χ4n) is 2.46. The van der Waals surface area contributed by atoms with E-state index in [0.717, 1.165) is 16.9 Å². The van der Waals surface area contributed by atoms with E-state index in [0.29, 0.717) is 0 Å². The van der Waals surface area contributed by atoms with Crippen molar-refractivity contribution >= 4 is 11.8 Å². The minimum absolute atomic E-state index is 0.109. The van der Waals surface area contributed by atoms with Gasteiger partial charge < -0.3 is 20.7 Å². The summed E-state index contributed by atoms with van der Waals surface area (Å²) in [5.74, 6) is 0.525. The average Bonchev–Trinajstić information content (AvgIpc) is 2.66. The number of benzene rings is 2. The van der Waals surface area contributed by atoms with Crippen LogP contribution in [0.25, 0.3) is 0 Å². The molecule has 25 heavy (non-hydrogen) atoms. The Hall–Kier alpha value is -2.86. The van der Waals surface area contributed by atoms with E-state index in [1.54, 1.807) is 19.5 Å². The summed E-state index contributed by atoms with van der Waals surface area (Å²) in [5.41, 5.74) is 1.96. The van der Waals surface area contributed by atoms with Crippen molar-refractivity contribution in [2.75, 3.05) is 27.2 Å². The molecule has 0 spiro atoms. The van der Waals surface area contributed by atoms with Crippen LogP contribution >= 0.6 is 0 Å². The Bertz CT molecular complexity index is 687. The topological polar surface area (TPSA) is 84.0 Å². The van der Waals surface area contributed by atoms with Gasteiger partial charge in [-0.2, -0.15) is 0 Å². The van der Waals surface area contributed by atoms with Crippen molar-refractivity contribution in [2.45, 2.75) is 6.04 Å². The molecule has 0 radical (unpaired) electrons. The summed E-state index contributed by atoms with van der Waals surface area (Å²) in [6.07, 6.45) is 0. The average molecular weight is 342 g/mol. The molecule has 1 atom stereocenters. The number of carbonyl (C=O) groups is 2. The van der Waals surface area contributed by atoms with Crippen LogP contribution in [-0.2, 0) is 9.59 Å². The summed E-state index contributed by atoms with van der Waals surface area (Å²) >= 11 is 0. The zero-order valence-electron chi connectivity index (χ0n) is 14.5. The smallest absolute Gasteiger partial charge is 0.275 e. The number of hydrogen-bond donors (Lipinski definition) is 3. The van der Waals surface area contributed by atoms with Crippen LogP contribution in [0.2, 0.25) is 0 Å². The molecule has 0 saturated heterocycles. The highest BCUT2D eigenvalue weighted by Gasteiger charge is 2.18. The number of ether oxygens (including phenoxy) is 1. The van der Waals surface area contributed by atoms with Crippen molar-refractivity contribution in [3.8, 4) is 5.75 Å². The summed E-state index contributed by atoms with van der Waals surface area (Å²) in [4.78, 5) is 23.5. The SMILES string of the molecule is CNC(=O)C[NH2+]CC(=O)N[C@H](c1ccccc1)c1ccc(OC)cc1. The van der Waals surface area contributed by atoms with E-state index >= 15 is 0 Å². The molecule has 0 aromatic heterocycles. The number of nitrogens with two attached hydrogens (primary N) is 1. The quantitative estimate of drug-likeness (QED) is 0.641. The molecule has 0 aliphatic rings. The molecule has 2 rings (SSSR count). The van der Waals surface area contributed by atoms with E-state index in [4.69, 9.17) is 4.74 Å². The number of methoxy groups -OCH3 is 1. The Morgan fingerprint density at radius 3 is 2.16 bits per heavy atom. The van der Waals surface area contributed by atoms with Gasteiger partial charge in [-0.1, -0.05) is 42.5 Å². The van der Waals surface area contributed by atoms with E-state index in [-0.39, 0.29) is 30.9 Å². The molecular formula is C19H24N3O3+. The van der Waals surface area contributed by atoms with Gasteiger partial charge in [0.05, 0.1) is 13.2 Å². The molecule has 6 heteroatoms. The highest BCUT2D eigenvalue weighted by atomic mass is 16.5. The van der Waals surface area contributed by atoms with E-state index in [9.17, 15) is 9.59 Å². The molecule has 0 bridgehead atoms. The summed E-state index contributed by atoms with van der Waals surface area (Å²) < 4.78 is 5.19. The second-order valence-corrected chi connectivity index (χ2v) is 5.55. The van der Waals surface area contributed by atoms with Gasteiger partial charge >= 0.3 is 0 Å². The molecule has 132 valence electrons. The number of carbonyl (C=O) groups excluding carboxylic acids is 2.